The summed E-state index contributed by atoms with van der Waals surface area (Å²) in [5.41, 5.74) is 3.73. The summed E-state index contributed by atoms with van der Waals surface area (Å²) in [6, 6.07) is 12.1. The highest BCUT2D eigenvalue weighted by molar-refractivity contribution is 5.92. The van der Waals surface area contributed by atoms with Crippen LogP contribution in [-0.2, 0) is 13.0 Å². The SMILES string of the molecule is CCCCc1nc(C(=O)CCC)nn1Cc1ccc(-c2cccnc2-c2nnn[nH]2)cc1. The largest absolute Gasteiger partial charge is 0.291 e. The van der Waals surface area contributed by atoms with Gasteiger partial charge in [0.25, 0.3) is 0 Å². The number of aromatic amines is 1. The van der Waals surface area contributed by atoms with E-state index in [9.17, 15) is 4.79 Å². The zero-order valence-electron chi connectivity index (χ0n) is 18.3. The Hall–Kier alpha value is -3.75. The van der Waals surface area contributed by atoms with Gasteiger partial charge in [0.1, 0.15) is 11.5 Å². The molecule has 0 fully saturated rings. The summed E-state index contributed by atoms with van der Waals surface area (Å²) in [6.07, 6.45) is 5.87. The molecule has 0 amide bonds. The highest BCUT2D eigenvalue weighted by atomic mass is 16.1. The Morgan fingerprint density at radius 1 is 1.09 bits per heavy atom. The van der Waals surface area contributed by atoms with Crippen LogP contribution in [0.15, 0.2) is 42.6 Å². The molecule has 0 aliphatic rings. The fourth-order valence-corrected chi connectivity index (χ4v) is 3.53. The maximum Gasteiger partial charge on any atom is 0.217 e. The third kappa shape index (κ3) is 4.77. The number of nitrogens with one attached hydrogen (secondary N) is 1. The minimum absolute atomic E-state index is 0.00496. The summed E-state index contributed by atoms with van der Waals surface area (Å²) in [5.74, 6) is 1.72. The van der Waals surface area contributed by atoms with E-state index in [0.717, 1.165) is 48.2 Å². The number of hydrogen-bond acceptors (Lipinski definition) is 7. The second kappa shape index (κ2) is 10.0. The number of tetrazole rings is 1. The number of carbonyl (C=O) groups is 1. The van der Waals surface area contributed by atoms with E-state index >= 15 is 0 Å². The Morgan fingerprint density at radius 2 is 1.94 bits per heavy atom. The Balaban J connectivity index is 1.58. The maximum absolute atomic E-state index is 12.3. The van der Waals surface area contributed by atoms with Crippen molar-refractivity contribution in [2.45, 2.75) is 52.5 Å². The van der Waals surface area contributed by atoms with Crippen molar-refractivity contribution in [3.05, 3.63) is 59.8 Å². The molecule has 0 saturated heterocycles. The predicted molar refractivity (Wildman–Crippen MR) is 120 cm³/mol. The molecule has 9 nitrogen and oxygen atoms in total. The minimum Gasteiger partial charge on any atom is -0.291 e. The summed E-state index contributed by atoms with van der Waals surface area (Å²) >= 11 is 0. The van der Waals surface area contributed by atoms with Gasteiger partial charge in [-0.2, -0.15) is 0 Å². The molecule has 164 valence electrons. The van der Waals surface area contributed by atoms with E-state index in [1.54, 1.807) is 6.20 Å². The highest BCUT2D eigenvalue weighted by Gasteiger charge is 2.16. The molecule has 0 saturated carbocycles. The first-order chi connectivity index (χ1) is 15.7. The van der Waals surface area contributed by atoms with Gasteiger partial charge < -0.3 is 0 Å². The van der Waals surface area contributed by atoms with E-state index in [2.05, 4.69) is 54.7 Å². The summed E-state index contributed by atoms with van der Waals surface area (Å²) in [6.45, 7) is 4.70. The molecule has 0 unspecified atom stereocenters. The van der Waals surface area contributed by atoms with Crippen molar-refractivity contribution in [1.82, 2.24) is 40.4 Å². The van der Waals surface area contributed by atoms with Gasteiger partial charge in [-0.15, -0.1) is 10.2 Å². The molecule has 1 aromatic carbocycles. The van der Waals surface area contributed by atoms with Crippen LogP contribution in [0, 0.1) is 0 Å². The van der Waals surface area contributed by atoms with Crippen molar-refractivity contribution < 1.29 is 4.79 Å². The lowest BCUT2D eigenvalue weighted by Crippen LogP contribution is -2.08. The van der Waals surface area contributed by atoms with Crippen molar-refractivity contribution in [3.8, 4) is 22.6 Å². The van der Waals surface area contributed by atoms with Crippen molar-refractivity contribution in [1.29, 1.82) is 0 Å². The molecule has 4 aromatic rings. The van der Waals surface area contributed by atoms with Crippen molar-refractivity contribution in [3.63, 3.8) is 0 Å². The molecule has 32 heavy (non-hydrogen) atoms. The minimum atomic E-state index is 0.00496. The van der Waals surface area contributed by atoms with Crippen LogP contribution in [0.1, 0.15) is 61.5 Å². The van der Waals surface area contributed by atoms with Gasteiger partial charge in [-0.3, -0.25) is 9.78 Å². The first-order valence-electron chi connectivity index (χ1n) is 10.9. The van der Waals surface area contributed by atoms with E-state index in [-0.39, 0.29) is 5.78 Å². The first-order valence-corrected chi connectivity index (χ1v) is 10.9. The monoisotopic (exact) mass is 430 g/mol. The third-order valence-electron chi connectivity index (χ3n) is 5.20. The Labute approximate surface area is 186 Å². The van der Waals surface area contributed by atoms with E-state index in [1.165, 1.54) is 0 Å². The average molecular weight is 431 g/mol. The maximum atomic E-state index is 12.3. The molecular weight excluding hydrogens is 404 g/mol. The topological polar surface area (TPSA) is 115 Å². The standard InChI is InChI=1S/C23H26N8O/c1-3-5-9-20-25-22(19(32)7-4-2)28-31(20)15-16-10-12-17(13-11-16)18-8-6-14-24-21(18)23-26-29-30-27-23/h6,8,10-14H,3-5,7,9,15H2,1-2H3,(H,26,27,29,30). The lowest BCUT2D eigenvalue weighted by molar-refractivity contribution is 0.0971. The molecule has 9 heteroatoms. The molecule has 0 radical (unpaired) electrons. The number of aryl methyl sites for hydroxylation is 1. The number of aromatic nitrogens is 8. The summed E-state index contributed by atoms with van der Waals surface area (Å²) in [7, 11) is 0. The van der Waals surface area contributed by atoms with Gasteiger partial charge in [0, 0.05) is 24.6 Å². The van der Waals surface area contributed by atoms with Crippen molar-refractivity contribution in [2.24, 2.45) is 0 Å². The van der Waals surface area contributed by atoms with Crippen molar-refractivity contribution >= 4 is 5.78 Å². The number of nitrogens with zero attached hydrogens (tertiary/aromatic N) is 7. The smallest absolute Gasteiger partial charge is 0.217 e. The normalized spacial score (nSPS) is 11.1. The van der Waals surface area contributed by atoms with Crippen molar-refractivity contribution in [2.75, 3.05) is 0 Å². The number of unbranched alkanes of at least 4 members (excludes halogenated alkanes) is 1. The summed E-state index contributed by atoms with van der Waals surface area (Å²) in [5, 5.41) is 18.6. The molecule has 0 aliphatic carbocycles. The van der Waals surface area contributed by atoms with Gasteiger partial charge in [0.15, 0.2) is 5.82 Å². The number of H-pyrrole nitrogens is 1. The third-order valence-corrected chi connectivity index (χ3v) is 5.20. The van der Waals surface area contributed by atoms with Gasteiger partial charge in [-0.1, -0.05) is 50.6 Å². The van der Waals surface area contributed by atoms with Crippen LogP contribution >= 0.6 is 0 Å². The van der Waals surface area contributed by atoms with Gasteiger partial charge in [-0.25, -0.2) is 14.8 Å². The summed E-state index contributed by atoms with van der Waals surface area (Å²) < 4.78 is 1.86. The quantitative estimate of drug-likeness (QED) is 0.379. The first kappa shape index (κ1) is 21.5. The van der Waals surface area contributed by atoms with Gasteiger partial charge in [0.2, 0.25) is 11.6 Å². The fraction of sp³-hybridized carbons (Fsp3) is 0.348. The summed E-state index contributed by atoms with van der Waals surface area (Å²) in [4.78, 5) is 21.3. The van der Waals surface area contributed by atoms with Crippen LogP contribution in [0.3, 0.4) is 0 Å². The second-order valence-corrected chi connectivity index (χ2v) is 7.63. The van der Waals surface area contributed by atoms with Crippen LogP contribution < -0.4 is 0 Å². The van der Waals surface area contributed by atoms with Gasteiger partial charge in [0.05, 0.1) is 6.54 Å². The number of ketones is 1. The lowest BCUT2D eigenvalue weighted by Gasteiger charge is -2.09. The predicted octanol–water partition coefficient (Wildman–Crippen LogP) is 3.89. The lowest BCUT2D eigenvalue weighted by atomic mass is 10.0. The van der Waals surface area contributed by atoms with Crippen LogP contribution in [0.5, 0.6) is 0 Å². The number of pyridine rings is 1. The fourth-order valence-electron chi connectivity index (χ4n) is 3.53. The second-order valence-electron chi connectivity index (χ2n) is 7.63. The Morgan fingerprint density at radius 3 is 2.66 bits per heavy atom. The molecule has 1 N–H and O–H groups in total. The zero-order valence-corrected chi connectivity index (χ0v) is 18.3. The zero-order chi connectivity index (χ0) is 22.3. The van der Waals surface area contributed by atoms with E-state index in [1.807, 2.05) is 35.9 Å². The molecule has 3 aromatic heterocycles. The molecule has 0 spiro atoms. The number of rotatable bonds is 10. The van der Waals surface area contributed by atoms with Gasteiger partial charge >= 0.3 is 0 Å². The van der Waals surface area contributed by atoms with E-state index in [0.29, 0.717) is 30.3 Å². The van der Waals surface area contributed by atoms with Crippen LogP contribution in [0.2, 0.25) is 0 Å². The van der Waals surface area contributed by atoms with Crippen LogP contribution in [0.4, 0.5) is 0 Å². The van der Waals surface area contributed by atoms with Gasteiger partial charge in [-0.05, 0) is 40.5 Å². The number of carbonyl (C=O) groups excluding carboxylic acids is 1. The number of Topliss-reactive ketones (excluding diaryl/α,β-unsaturated/α-hetero) is 1. The molecule has 0 aliphatic heterocycles. The Kier molecular flexibility index (Phi) is 6.74. The highest BCUT2D eigenvalue weighted by Crippen LogP contribution is 2.28. The molecule has 0 bridgehead atoms. The van der Waals surface area contributed by atoms with E-state index in [4.69, 9.17) is 0 Å². The number of hydrogen-bond donors (Lipinski definition) is 1. The average Bonchev–Trinajstić information content (AvgIpc) is 3.49. The molecule has 3 heterocycles. The van der Waals surface area contributed by atoms with Crippen LogP contribution in [-0.4, -0.2) is 46.2 Å². The molecular formula is C23H26N8O. The molecule has 4 rings (SSSR count). The number of benzene rings is 1. The van der Waals surface area contributed by atoms with Crippen LogP contribution in [0.25, 0.3) is 22.6 Å². The Bertz CT molecular complexity index is 1170. The van der Waals surface area contributed by atoms with E-state index < -0.39 is 0 Å². The molecule has 0 atom stereocenters.